The first-order valence-electron chi connectivity index (χ1n) is 9.57. The first-order chi connectivity index (χ1) is 14.0. The van der Waals surface area contributed by atoms with Crippen LogP contribution < -0.4 is 10.9 Å². The zero-order valence-electron chi connectivity index (χ0n) is 16.5. The van der Waals surface area contributed by atoms with E-state index in [1.807, 2.05) is 49.5 Å². The van der Waals surface area contributed by atoms with E-state index in [-0.39, 0.29) is 11.5 Å². The molecule has 4 rings (SSSR count). The smallest absolute Gasteiger partial charge is 0.253 e. The Labute approximate surface area is 169 Å². The van der Waals surface area contributed by atoms with E-state index in [1.165, 1.54) is 0 Å². The van der Waals surface area contributed by atoms with Gasteiger partial charge in [0.15, 0.2) is 0 Å². The lowest BCUT2D eigenvalue weighted by molar-refractivity contribution is -0.116. The Morgan fingerprint density at radius 3 is 2.72 bits per heavy atom. The summed E-state index contributed by atoms with van der Waals surface area (Å²) in [4.78, 5) is 24.0. The van der Waals surface area contributed by atoms with Crippen LogP contribution in [0.3, 0.4) is 0 Å². The van der Waals surface area contributed by atoms with Gasteiger partial charge in [-0.3, -0.25) is 9.59 Å². The van der Waals surface area contributed by atoms with Gasteiger partial charge in [0.05, 0.1) is 11.6 Å². The summed E-state index contributed by atoms with van der Waals surface area (Å²) in [6, 6.07) is 15.7. The summed E-state index contributed by atoms with van der Waals surface area (Å²) in [6.07, 6.45) is 3.63. The number of hydrogen-bond donors (Lipinski definition) is 1. The summed E-state index contributed by atoms with van der Waals surface area (Å²) in [5, 5.41) is 12.2. The van der Waals surface area contributed by atoms with Crippen molar-refractivity contribution in [3.05, 3.63) is 86.8 Å². The van der Waals surface area contributed by atoms with E-state index in [9.17, 15) is 14.9 Å². The molecule has 1 aromatic heterocycles. The number of nitrogens with zero attached hydrogens (tertiary/aromatic N) is 2. The molecule has 5 nitrogen and oxygen atoms in total. The molecular weight excluding hydrogens is 362 g/mol. The molecule has 3 aromatic rings. The number of anilines is 1. The third-order valence-electron chi connectivity index (χ3n) is 5.42. The van der Waals surface area contributed by atoms with Crippen LogP contribution in [0.15, 0.2) is 53.5 Å². The molecule has 5 heteroatoms. The van der Waals surface area contributed by atoms with Crippen molar-refractivity contribution in [2.75, 3.05) is 5.32 Å². The van der Waals surface area contributed by atoms with Crippen molar-refractivity contribution in [1.82, 2.24) is 4.57 Å². The van der Waals surface area contributed by atoms with Crippen LogP contribution in [-0.2, 0) is 24.7 Å². The number of nitrogens with one attached hydrogen (secondary N) is 1. The first-order valence-corrected chi connectivity index (χ1v) is 9.57. The lowest BCUT2D eigenvalue weighted by atomic mass is 9.87. The highest BCUT2D eigenvalue weighted by Gasteiger charge is 2.21. The Bertz CT molecular complexity index is 1210. The van der Waals surface area contributed by atoms with Crippen molar-refractivity contribution in [2.24, 2.45) is 7.05 Å². The lowest BCUT2D eigenvalue weighted by Crippen LogP contribution is -2.21. The minimum atomic E-state index is -0.0118. The molecule has 2 heterocycles. The number of aromatic nitrogens is 1. The van der Waals surface area contributed by atoms with Gasteiger partial charge in [-0.05, 0) is 71.8 Å². The van der Waals surface area contributed by atoms with Crippen molar-refractivity contribution in [3.63, 3.8) is 0 Å². The third-order valence-corrected chi connectivity index (χ3v) is 5.42. The predicted molar refractivity (Wildman–Crippen MR) is 113 cm³/mol. The molecule has 0 bridgehead atoms. The Hall–Kier alpha value is -3.65. The zero-order valence-corrected chi connectivity index (χ0v) is 16.5. The van der Waals surface area contributed by atoms with Gasteiger partial charge in [-0.2, -0.15) is 5.26 Å². The molecule has 0 unspecified atom stereocenters. The SMILES string of the molecule is Cc1cc(-c2ccc3c(c2Cc2cccc(C#N)c2)CCC(=O)N3)cn(C)c1=O. The van der Waals surface area contributed by atoms with Gasteiger partial charge in [0.25, 0.3) is 5.56 Å². The highest BCUT2D eigenvalue weighted by molar-refractivity contribution is 5.95. The summed E-state index contributed by atoms with van der Waals surface area (Å²) < 4.78 is 1.60. The first kappa shape index (κ1) is 18.7. The normalized spacial score (nSPS) is 12.8. The standard InChI is InChI=1S/C24H21N3O2/c1-15-10-18(14-27(2)24(15)29)19-6-8-22-20(7-9-23(28)26-22)21(19)12-16-4-3-5-17(11-16)13-25/h3-6,8,10-11,14H,7,9,12H2,1-2H3,(H,26,28). The fourth-order valence-electron chi connectivity index (χ4n) is 4.00. The minimum absolute atomic E-state index is 0.0118. The van der Waals surface area contributed by atoms with Crippen LogP contribution in [0, 0.1) is 18.3 Å². The largest absolute Gasteiger partial charge is 0.326 e. The number of rotatable bonds is 3. The van der Waals surface area contributed by atoms with E-state index in [2.05, 4.69) is 11.4 Å². The molecule has 144 valence electrons. The van der Waals surface area contributed by atoms with Gasteiger partial charge in [-0.15, -0.1) is 0 Å². The van der Waals surface area contributed by atoms with Gasteiger partial charge in [0.2, 0.25) is 5.91 Å². The van der Waals surface area contributed by atoms with Crippen molar-refractivity contribution >= 4 is 11.6 Å². The summed E-state index contributed by atoms with van der Waals surface area (Å²) in [6.45, 7) is 1.82. The van der Waals surface area contributed by atoms with Crippen molar-refractivity contribution in [2.45, 2.75) is 26.2 Å². The minimum Gasteiger partial charge on any atom is -0.326 e. The maximum atomic E-state index is 12.2. The molecule has 2 aromatic carbocycles. The molecule has 1 aliphatic rings. The Kier molecular flexibility index (Phi) is 4.77. The fourth-order valence-corrected chi connectivity index (χ4v) is 4.00. The number of carbonyl (C=O) groups excluding carboxylic acids is 1. The number of nitriles is 1. The highest BCUT2D eigenvalue weighted by Crippen LogP contribution is 2.35. The van der Waals surface area contributed by atoms with Crippen LogP contribution in [0.2, 0.25) is 0 Å². The van der Waals surface area contributed by atoms with Crippen LogP contribution in [0.25, 0.3) is 11.1 Å². The van der Waals surface area contributed by atoms with Gasteiger partial charge >= 0.3 is 0 Å². The molecule has 1 N–H and O–H groups in total. The molecule has 0 radical (unpaired) electrons. The molecule has 0 fully saturated rings. The van der Waals surface area contributed by atoms with Crippen molar-refractivity contribution < 1.29 is 4.79 Å². The van der Waals surface area contributed by atoms with E-state index in [0.717, 1.165) is 33.5 Å². The second kappa shape index (κ2) is 7.40. The molecule has 29 heavy (non-hydrogen) atoms. The number of hydrogen-bond acceptors (Lipinski definition) is 3. The van der Waals surface area contributed by atoms with Gasteiger partial charge in [0, 0.05) is 30.9 Å². The molecule has 0 saturated carbocycles. The van der Waals surface area contributed by atoms with Crippen LogP contribution in [0.5, 0.6) is 0 Å². The van der Waals surface area contributed by atoms with E-state index in [4.69, 9.17) is 0 Å². The average molecular weight is 383 g/mol. The summed E-state index contributed by atoms with van der Waals surface area (Å²) in [5.41, 5.74) is 7.44. The van der Waals surface area contributed by atoms with Gasteiger partial charge in [-0.25, -0.2) is 0 Å². The van der Waals surface area contributed by atoms with Crippen LogP contribution in [0.1, 0.15) is 34.2 Å². The maximum absolute atomic E-state index is 12.2. The Morgan fingerprint density at radius 2 is 1.97 bits per heavy atom. The second-order valence-corrected chi connectivity index (χ2v) is 7.48. The van der Waals surface area contributed by atoms with Crippen molar-refractivity contribution in [3.8, 4) is 17.2 Å². The molecule has 1 aliphatic heterocycles. The van der Waals surface area contributed by atoms with Gasteiger partial charge in [0.1, 0.15) is 0 Å². The van der Waals surface area contributed by atoms with Gasteiger partial charge in [-0.1, -0.05) is 18.2 Å². The lowest BCUT2D eigenvalue weighted by Gasteiger charge is -2.23. The van der Waals surface area contributed by atoms with Crippen molar-refractivity contribution in [1.29, 1.82) is 5.26 Å². The second-order valence-electron chi connectivity index (χ2n) is 7.48. The summed E-state index contributed by atoms with van der Waals surface area (Å²) in [7, 11) is 1.76. The molecular formula is C24H21N3O2. The maximum Gasteiger partial charge on any atom is 0.253 e. The molecule has 0 saturated heterocycles. The zero-order chi connectivity index (χ0) is 20.5. The number of pyridine rings is 1. The summed E-state index contributed by atoms with van der Waals surface area (Å²) >= 11 is 0. The number of fused-ring (bicyclic) bond motifs is 1. The fraction of sp³-hybridized carbons (Fsp3) is 0.208. The molecule has 0 spiro atoms. The molecule has 0 aliphatic carbocycles. The van der Waals surface area contributed by atoms with Crippen LogP contribution in [-0.4, -0.2) is 10.5 Å². The highest BCUT2D eigenvalue weighted by atomic mass is 16.1. The van der Waals surface area contributed by atoms with Crippen LogP contribution >= 0.6 is 0 Å². The predicted octanol–water partition coefficient (Wildman–Crippen LogP) is 3.71. The van der Waals surface area contributed by atoms with E-state index in [0.29, 0.717) is 30.4 Å². The van der Waals surface area contributed by atoms with Gasteiger partial charge < -0.3 is 9.88 Å². The Balaban J connectivity index is 1.91. The number of amides is 1. The molecule has 0 atom stereocenters. The van der Waals surface area contributed by atoms with E-state index >= 15 is 0 Å². The van der Waals surface area contributed by atoms with E-state index < -0.39 is 0 Å². The number of benzene rings is 2. The number of aryl methyl sites for hydroxylation is 2. The quantitative estimate of drug-likeness (QED) is 0.749. The van der Waals surface area contributed by atoms with E-state index in [1.54, 1.807) is 17.7 Å². The van der Waals surface area contributed by atoms with Crippen LogP contribution in [0.4, 0.5) is 5.69 Å². The third kappa shape index (κ3) is 3.57. The number of carbonyl (C=O) groups is 1. The summed E-state index contributed by atoms with van der Waals surface area (Å²) in [5.74, 6) is 0.0284. The Morgan fingerprint density at radius 1 is 1.14 bits per heavy atom. The average Bonchev–Trinajstić information content (AvgIpc) is 2.71. The monoisotopic (exact) mass is 383 g/mol. The topological polar surface area (TPSA) is 74.9 Å². The molecule has 1 amide bonds.